The number of aryl methyl sites for hydroxylation is 1. The predicted molar refractivity (Wildman–Crippen MR) is 143 cm³/mol. The molecule has 0 bridgehead atoms. The summed E-state index contributed by atoms with van der Waals surface area (Å²) in [7, 11) is 2.97. The van der Waals surface area contributed by atoms with Gasteiger partial charge < -0.3 is 29.0 Å². The fraction of sp³-hybridized carbons (Fsp3) is 0.423. The van der Waals surface area contributed by atoms with Gasteiger partial charge in [-0.1, -0.05) is 12.1 Å². The van der Waals surface area contributed by atoms with E-state index >= 15 is 0 Å². The van der Waals surface area contributed by atoms with Crippen LogP contribution >= 0.6 is 23.6 Å². The molecule has 0 radical (unpaired) electrons. The Hall–Kier alpha value is -3.11. The van der Waals surface area contributed by atoms with Crippen molar-refractivity contribution in [2.24, 2.45) is 5.41 Å². The molecule has 5 rings (SSSR count). The molecular weight excluding hydrogens is 498 g/mol. The van der Waals surface area contributed by atoms with E-state index in [1.165, 1.54) is 18.4 Å². The molecule has 0 unspecified atom stereocenters. The van der Waals surface area contributed by atoms with Crippen LogP contribution in [0.1, 0.15) is 45.1 Å². The normalized spacial score (nSPS) is 17.0. The molecule has 3 aromatic rings. The maximum absolute atomic E-state index is 13.2. The molecule has 8 nitrogen and oxygen atoms in total. The number of likely N-dealkylation sites (tertiary alicyclic amines) is 2. The number of carbonyl (C=O) groups is 2. The number of hydrogen-bond acceptors (Lipinski definition) is 7. The Morgan fingerprint density at radius 3 is 2.56 bits per heavy atom. The molecule has 0 saturated carbocycles. The van der Waals surface area contributed by atoms with E-state index in [1.807, 2.05) is 35.4 Å². The molecule has 10 heteroatoms. The van der Waals surface area contributed by atoms with Crippen LogP contribution in [0.2, 0.25) is 0 Å². The summed E-state index contributed by atoms with van der Waals surface area (Å²) in [5, 5.41) is 6.69. The van der Waals surface area contributed by atoms with Crippen molar-refractivity contribution in [3.8, 4) is 5.75 Å². The highest BCUT2D eigenvalue weighted by molar-refractivity contribution is 7.80. The van der Waals surface area contributed by atoms with Gasteiger partial charge >= 0.3 is 5.97 Å². The Balaban J connectivity index is 1.21. The number of thiocarbonyl (C=S) groups is 1. The topological polar surface area (TPSA) is 84.2 Å². The van der Waals surface area contributed by atoms with Crippen molar-refractivity contribution in [1.82, 2.24) is 9.80 Å². The predicted octanol–water partition coefficient (Wildman–Crippen LogP) is 4.92. The molecular formula is C26H29N3O5S2. The molecule has 190 valence electrons. The molecule has 2 aliphatic heterocycles. The minimum Gasteiger partial charge on any atom is -0.493 e. The van der Waals surface area contributed by atoms with Gasteiger partial charge in [-0.15, -0.1) is 11.3 Å². The Labute approximate surface area is 219 Å². The van der Waals surface area contributed by atoms with E-state index in [9.17, 15) is 9.59 Å². The van der Waals surface area contributed by atoms with E-state index in [0.29, 0.717) is 40.2 Å². The first-order valence-corrected chi connectivity index (χ1v) is 13.2. The zero-order chi connectivity index (χ0) is 25.4. The number of furan rings is 1. The molecule has 4 heterocycles. The number of nitrogens with one attached hydrogen (secondary N) is 1. The maximum atomic E-state index is 13.2. The maximum Gasteiger partial charge on any atom is 0.350 e. The van der Waals surface area contributed by atoms with Crippen LogP contribution in [0.15, 0.2) is 34.1 Å². The van der Waals surface area contributed by atoms with Crippen LogP contribution in [0.5, 0.6) is 5.75 Å². The van der Waals surface area contributed by atoms with Crippen molar-refractivity contribution in [3.63, 3.8) is 0 Å². The average Bonchev–Trinajstić information content (AvgIpc) is 3.61. The van der Waals surface area contributed by atoms with Crippen LogP contribution in [0.3, 0.4) is 0 Å². The van der Waals surface area contributed by atoms with Crippen LogP contribution in [-0.2, 0) is 4.74 Å². The third-order valence-electron chi connectivity index (χ3n) is 7.35. The summed E-state index contributed by atoms with van der Waals surface area (Å²) < 4.78 is 16.2. The average molecular weight is 528 g/mol. The number of hydrogen-bond donors (Lipinski definition) is 1. The molecule has 2 fully saturated rings. The highest BCUT2D eigenvalue weighted by Crippen LogP contribution is 2.41. The molecule has 2 saturated heterocycles. The smallest absolute Gasteiger partial charge is 0.350 e. The highest BCUT2D eigenvalue weighted by Gasteiger charge is 2.42. The van der Waals surface area contributed by atoms with Crippen LogP contribution in [-0.4, -0.2) is 67.2 Å². The summed E-state index contributed by atoms with van der Waals surface area (Å²) in [6.45, 7) is 4.98. The van der Waals surface area contributed by atoms with Crippen LogP contribution < -0.4 is 10.1 Å². The molecule has 0 atom stereocenters. The standard InChI is InChI=1S/C26H29N3O5S2/c1-16-14-36-22(24(31)33-3)20(16)27-25(35)29-12-9-26(15-29)7-10-28(11-8-26)23(30)19-13-17-5-4-6-18(32-2)21(17)34-19/h4-6,13-14H,7-12,15H2,1-3H3,(H,27,35). The van der Waals surface area contributed by atoms with Crippen molar-refractivity contribution in [2.45, 2.75) is 26.2 Å². The zero-order valence-corrected chi connectivity index (χ0v) is 22.2. The minimum atomic E-state index is -0.365. The summed E-state index contributed by atoms with van der Waals surface area (Å²) in [4.78, 5) is 29.9. The Bertz CT molecular complexity index is 1320. The first-order valence-electron chi connectivity index (χ1n) is 11.9. The molecule has 1 amide bonds. The van der Waals surface area contributed by atoms with Crippen LogP contribution in [0.4, 0.5) is 5.69 Å². The van der Waals surface area contributed by atoms with Gasteiger partial charge in [0.15, 0.2) is 22.2 Å². The fourth-order valence-electron chi connectivity index (χ4n) is 5.19. The lowest BCUT2D eigenvalue weighted by Crippen LogP contribution is -2.45. The van der Waals surface area contributed by atoms with Crippen molar-refractivity contribution in [2.75, 3.05) is 45.7 Å². The molecule has 2 aliphatic rings. The number of esters is 1. The monoisotopic (exact) mass is 527 g/mol. The number of nitrogens with zero attached hydrogens (tertiary/aromatic N) is 2. The van der Waals surface area contributed by atoms with Crippen molar-refractivity contribution < 1.29 is 23.5 Å². The van der Waals surface area contributed by atoms with Gasteiger partial charge in [-0.05, 0) is 66.9 Å². The van der Waals surface area contributed by atoms with Crippen molar-refractivity contribution >= 4 is 57.2 Å². The van der Waals surface area contributed by atoms with Crippen LogP contribution in [0.25, 0.3) is 11.0 Å². The summed E-state index contributed by atoms with van der Waals surface area (Å²) in [5.74, 6) is 0.516. The Morgan fingerprint density at radius 2 is 1.86 bits per heavy atom. The number of amides is 1. The van der Waals surface area contributed by atoms with Gasteiger partial charge in [-0.25, -0.2) is 4.79 Å². The lowest BCUT2D eigenvalue weighted by Gasteiger charge is -2.39. The number of carbonyl (C=O) groups excluding carboxylic acids is 2. The second kappa shape index (κ2) is 9.74. The molecule has 36 heavy (non-hydrogen) atoms. The van der Waals surface area contributed by atoms with E-state index < -0.39 is 0 Å². The lowest BCUT2D eigenvalue weighted by atomic mass is 9.78. The van der Waals surface area contributed by atoms with Gasteiger partial charge in [0, 0.05) is 31.6 Å². The third kappa shape index (κ3) is 4.43. The van der Waals surface area contributed by atoms with Crippen molar-refractivity contribution in [1.29, 1.82) is 0 Å². The largest absolute Gasteiger partial charge is 0.493 e. The summed E-state index contributed by atoms with van der Waals surface area (Å²) in [5.41, 5.74) is 2.40. The highest BCUT2D eigenvalue weighted by atomic mass is 32.1. The summed E-state index contributed by atoms with van der Waals surface area (Å²) >= 11 is 7.07. The number of fused-ring (bicyclic) bond motifs is 1. The molecule has 2 aromatic heterocycles. The van der Waals surface area contributed by atoms with Crippen LogP contribution in [0, 0.1) is 12.3 Å². The number of para-hydroxylation sites is 1. The first kappa shape index (κ1) is 24.6. The fourth-order valence-corrected chi connectivity index (χ4v) is 6.37. The molecule has 1 aromatic carbocycles. The summed E-state index contributed by atoms with van der Waals surface area (Å²) in [6, 6.07) is 7.42. The lowest BCUT2D eigenvalue weighted by molar-refractivity contribution is 0.0569. The number of methoxy groups -OCH3 is 2. The molecule has 1 spiro atoms. The van der Waals surface area contributed by atoms with E-state index in [-0.39, 0.29) is 17.3 Å². The quantitative estimate of drug-likeness (QED) is 0.378. The molecule has 0 aliphatic carbocycles. The number of anilines is 1. The van der Waals surface area contributed by atoms with Crippen molar-refractivity contribution in [3.05, 3.63) is 45.8 Å². The Kier molecular flexibility index (Phi) is 6.65. The number of piperidine rings is 1. The SMILES string of the molecule is COC(=O)c1scc(C)c1NC(=S)N1CCC2(CCN(C(=O)c3cc4cccc(OC)c4o3)CC2)C1. The van der Waals surface area contributed by atoms with E-state index in [4.69, 9.17) is 26.1 Å². The van der Waals surface area contributed by atoms with E-state index in [0.717, 1.165) is 49.0 Å². The van der Waals surface area contributed by atoms with E-state index in [2.05, 4.69) is 10.2 Å². The zero-order valence-electron chi connectivity index (χ0n) is 20.6. The van der Waals surface area contributed by atoms with Gasteiger partial charge in [0.2, 0.25) is 0 Å². The van der Waals surface area contributed by atoms with E-state index in [1.54, 1.807) is 13.2 Å². The van der Waals surface area contributed by atoms with Gasteiger partial charge in [0.1, 0.15) is 4.88 Å². The summed E-state index contributed by atoms with van der Waals surface area (Å²) in [6.07, 6.45) is 2.84. The second-order valence-corrected chi connectivity index (χ2v) is 10.8. The third-order valence-corrected chi connectivity index (χ3v) is 8.79. The molecule has 1 N–H and O–H groups in total. The number of rotatable bonds is 4. The van der Waals surface area contributed by atoms with Gasteiger partial charge in [0.05, 0.1) is 19.9 Å². The van der Waals surface area contributed by atoms with Gasteiger partial charge in [0.25, 0.3) is 5.91 Å². The van der Waals surface area contributed by atoms with Gasteiger partial charge in [-0.3, -0.25) is 4.79 Å². The minimum absolute atomic E-state index is 0.0848. The number of ether oxygens (including phenoxy) is 2. The number of benzene rings is 1. The first-order chi connectivity index (χ1) is 17.3. The Morgan fingerprint density at radius 1 is 1.14 bits per heavy atom. The second-order valence-electron chi connectivity index (χ2n) is 9.50. The van der Waals surface area contributed by atoms with Gasteiger partial charge in [-0.2, -0.15) is 0 Å². The number of thiophene rings is 1.